The van der Waals surface area contributed by atoms with E-state index in [0.29, 0.717) is 31.4 Å². The second kappa shape index (κ2) is 8.03. The highest BCUT2D eigenvalue weighted by Gasteiger charge is 2.57. The molecule has 1 N–H and O–H groups in total. The zero-order chi connectivity index (χ0) is 22.4. The summed E-state index contributed by atoms with van der Waals surface area (Å²) in [7, 11) is 1.64. The van der Waals surface area contributed by atoms with Gasteiger partial charge in [-0.05, 0) is 57.2 Å². The number of hydrogen-bond acceptors (Lipinski definition) is 7. The Kier molecular flexibility index (Phi) is 5.83. The van der Waals surface area contributed by atoms with Crippen molar-refractivity contribution in [3.63, 3.8) is 0 Å². The zero-order valence-electron chi connectivity index (χ0n) is 19.2. The molecule has 2 aliphatic heterocycles. The lowest BCUT2D eigenvalue weighted by molar-refractivity contribution is -0.195. The topological polar surface area (TPSA) is 77.5 Å². The van der Waals surface area contributed by atoms with Crippen LogP contribution in [-0.4, -0.2) is 67.3 Å². The maximum atomic E-state index is 12.2. The lowest BCUT2D eigenvalue weighted by Gasteiger charge is -2.36. The summed E-state index contributed by atoms with van der Waals surface area (Å²) < 4.78 is 23.4. The van der Waals surface area contributed by atoms with Gasteiger partial charge in [-0.2, -0.15) is 0 Å². The van der Waals surface area contributed by atoms with Gasteiger partial charge in [0.05, 0.1) is 19.8 Å². The molecule has 2 saturated heterocycles. The number of aldehydes is 1. The van der Waals surface area contributed by atoms with Crippen molar-refractivity contribution in [1.82, 2.24) is 4.90 Å². The van der Waals surface area contributed by atoms with Crippen molar-refractivity contribution in [3.05, 3.63) is 23.8 Å². The highest BCUT2D eigenvalue weighted by Crippen LogP contribution is 2.50. The second-order valence-electron chi connectivity index (χ2n) is 10.0. The highest BCUT2D eigenvalue weighted by atomic mass is 16.8. The summed E-state index contributed by atoms with van der Waals surface area (Å²) in [5.41, 5.74) is -0.572. The molecule has 0 aromatic heterocycles. The van der Waals surface area contributed by atoms with Crippen LogP contribution >= 0.6 is 0 Å². The molecular formula is C24H35NO6. The number of ether oxygens (including phenoxy) is 4. The fourth-order valence-electron chi connectivity index (χ4n) is 4.78. The van der Waals surface area contributed by atoms with Crippen molar-refractivity contribution in [2.45, 2.75) is 64.1 Å². The fraction of sp³-hybridized carbons (Fsp3) is 0.708. The number of rotatable bonds is 8. The van der Waals surface area contributed by atoms with E-state index in [1.165, 1.54) is 12.8 Å². The molecule has 3 fully saturated rings. The summed E-state index contributed by atoms with van der Waals surface area (Å²) in [5.74, 6) is 1.21. The second-order valence-corrected chi connectivity index (χ2v) is 10.0. The SMILES string of the molecule is COc1ccc([C@@H]2CN([C@@]3(C=O)COC(C)(C)O3)C[C@@]2(C)[C@@H](C)O)cc1OCC1CC1. The van der Waals surface area contributed by atoms with E-state index < -0.39 is 23.0 Å². The molecule has 0 bridgehead atoms. The molecular weight excluding hydrogens is 398 g/mol. The van der Waals surface area contributed by atoms with Crippen LogP contribution in [0.4, 0.5) is 0 Å². The molecule has 0 amide bonds. The summed E-state index contributed by atoms with van der Waals surface area (Å²) in [6.07, 6.45) is 2.68. The molecule has 1 aromatic carbocycles. The summed E-state index contributed by atoms with van der Waals surface area (Å²) >= 11 is 0. The molecule has 31 heavy (non-hydrogen) atoms. The van der Waals surface area contributed by atoms with Gasteiger partial charge in [-0.25, -0.2) is 0 Å². The van der Waals surface area contributed by atoms with Gasteiger partial charge in [0.1, 0.15) is 6.61 Å². The average molecular weight is 434 g/mol. The van der Waals surface area contributed by atoms with Crippen LogP contribution in [-0.2, 0) is 14.3 Å². The number of aliphatic hydroxyl groups excluding tert-OH is 1. The van der Waals surface area contributed by atoms with Gasteiger partial charge in [0.2, 0.25) is 5.72 Å². The predicted molar refractivity (Wildman–Crippen MR) is 115 cm³/mol. The zero-order valence-corrected chi connectivity index (χ0v) is 19.2. The van der Waals surface area contributed by atoms with E-state index in [1.807, 2.05) is 43.9 Å². The largest absolute Gasteiger partial charge is 0.493 e. The number of likely N-dealkylation sites (tertiary alicyclic amines) is 1. The standard InChI is InChI=1S/C24H35NO6/c1-16(27)23(4)13-25(24(14-26)15-30-22(2,3)31-24)11-19(23)18-8-9-20(28-5)21(10-18)29-12-17-6-7-17/h8-10,14,16-17,19,27H,6-7,11-13,15H2,1-5H3/t16-,19+,23+,24-/m1/s1. The number of carbonyl (C=O) groups is 1. The third kappa shape index (κ3) is 4.21. The van der Waals surface area contributed by atoms with Crippen molar-refractivity contribution >= 4 is 6.29 Å². The molecule has 7 nitrogen and oxygen atoms in total. The van der Waals surface area contributed by atoms with Crippen molar-refractivity contribution in [2.75, 3.05) is 33.4 Å². The van der Waals surface area contributed by atoms with Gasteiger partial charge in [-0.1, -0.05) is 13.0 Å². The Hall–Kier alpha value is -1.67. The molecule has 3 aliphatic rings. The minimum atomic E-state index is -1.15. The average Bonchev–Trinajstić information content (AvgIpc) is 3.41. The molecule has 2 heterocycles. The summed E-state index contributed by atoms with van der Waals surface area (Å²) in [5, 5.41) is 10.8. The van der Waals surface area contributed by atoms with Gasteiger partial charge in [0.25, 0.3) is 0 Å². The van der Waals surface area contributed by atoms with E-state index >= 15 is 0 Å². The first kappa shape index (κ1) is 22.5. The Balaban J connectivity index is 1.64. The highest BCUT2D eigenvalue weighted by molar-refractivity contribution is 5.63. The van der Waals surface area contributed by atoms with Gasteiger partial charge < -0.3 is 24.1 Å². The smallest absolute Gasteiger partial charge is 0.204 e. The number of aliphatic hydroxyl groups is 1. The van der Waals surface area contributed by atoms with E-state index in [9.17, 15) is 9.90 Å². The summed E-state index contributed by atoms with van der Waals surface area (Å²) in [6.45, 7) is 9.44. The van der Waals surface area contributed by atoms with E-state index in [-0.39, 0.29) is 12.5 Å². The monoisotopic (exact) mass is 433 g/mol. The molecule has 4 rings (SSSR count). The van der Waals surface area contributed by atoms with Crippen LogP contribution in [0.1, 0.15) is 52.0 Å². The third-order valence-electron chi connectivity index (χ3n) is 7.21. The number of nitrogens with zero attached hydrogens (tertiary/aromatic N) is 1. The number of carbonyl (C=O) groups excluding carboxylic acids is 1. The number of benzene rings is 1. The fourth-order valence-corrected chi connectivity index (χ4v) is 4.78. The first-order valence-electron chi connectivity index (χ1n) is 11.2. The predicted octanol–water partition coefficient (Wildman–Crippen LogP) is 2.95. The Labute approximate surface area is 184 Å². The Morgan fingerprint density at radius 1 is 1.29 bits per heavy atom. The van der Waals surface area contributed by atoms with Gasteiger partial charge in [-0.15, -0.1) is 0 Å². The lowest BCUT2D eigenvalue weighted by Crippen LogP contribution is -2.53. The molecule has 0 radical (unpaired) electrons. The Bertz CT molecular complexity index is 822. The van der Waals surface area contributed by atoms with Crippen LogP contribution in [0.15, 0.2) is 18.2 Å². The quantitative estimate of drug-likeness (QED) is 0.632. The number of hydrogen-bond donors (Lipinski definition) is 1. The van der Waals surface area contributed by atoms with E-state index in [4.69, 9.17) is 18.9 Å². The maximum absolute atomic E-state index is 12.2. The van der Waals surface area contributed by atoms with Crippen LogP contribution in [0.25, 0.3) is 0 Å². The number of methoxy groups -OCH3 is 1. The van der Waals surface area contributed by atoms with E-state index in [1.54, 1.807) is 7.11 Å². The van der Waals surface area contributed by atoms with Crippen LogP contribution < -0.4 is 9.47 Å². The minimum Gasteiger partial charge on any atom is -0.493 e. The molecule has 1 saturated carbocycles. The molecule has 1 aliphatic carbocycles. The van der Waals surface area contributed by atoms with Gasteiger partial charge in [0.15, 0.2) is 23.6 Å². The molecule has 4 atom stereocenters. The van der Waals surface area contributed by atoms with Crippen molar-refractivity contribution in [3.8, 4) is 11.5 Å². The normalized spacial score (nSPS) is 33.9. The van der Waals surface area contributed by atoms with Crippen LogP contribution in [0, 0.1) is 11.3 Å². The first-order chi connectivity index (χ1) is 14.6. The van der Waals surface area contributed by atoms with E-state index in [0.717, 1.165) is 17.6 Å². The van der Waals surface area contributed by atoms with Crippen molar-refractivity contribution in [1.29, 1.82) is 0 Å². The third-order valence-corrected chi connectivity index (χ3v) is 7.21. The Morgan fingerprint density at radius 2 is 2.03 bits per heavy atom. The maximum Gasteiger partial charge on any atom is 0.204 e. The van der Waals surface area contributed by atoms with Crippen LogP contribution in [0.5, 0.6) is 11.5 Å². The molecule has 0 spiro atoms. The van der Waals surface area contributed by atoms with Crippen LogP contribution in [0.2, 0.25) is 0 Å². The molecule has 1 aromatic rings. The first-order valence-corrected chi connectivity index (χ1v) is 11.2. The Morgan fingerprint density at radius 3 is 2.58 bits per heavy atom. The van der Waals surface area contributed by atoms with Gasteiger partial charge in [-0.3, -0.25) is 9.69 Å². The van der Waals surface area contributed by atoms with Crippen LogP contribution in [0.3, 0.4) is 0 Å². The lowest BCUT2D eigenvalue weighted by atomic mass is 9.72. The summed E-state index contributed by atoms with van der Waals surface area (Å²) in [4.78, 5) is 14.2. The van der Waals surface area contributed by atoms with Gasteiger partial charge >= 0.3 is 0 Å². The summed E-state index contributed by atoms with van der Waals surface area (Å²) in [6, 6.07) is 5.98. The van der Waals surface area contributed by atoms with Crippen molar-refractivity contribution < 1.29 is 28.8 Å². The van der Waals surface area contributed by atoms with Gasteiger partial charge in [0, 0.05) is 24.4 Å². The molecule has 0 unspecified atom stereocenters. The van der Waals surface area contributed by atoms with Crippen molar-refractivity contribution in [2.24, 2.45) is 11.3 Å². The minimum absolute atomic E-state index is 0.0224. The molecule has 172 valence electrons. The molecule has 7 heteroatoms. The van der Waals surface area contributed by atoms with E-state index in [2.05, 4.69) is 6.92 Å².